The molecule has 2 rings (SSSR count). The third-order valence-corrected chi connectivity index (χ3v) is 3.84. The fourth-order valence-corrected chi connectivity index (χ4v) is 3.03. The van der Waals surface area contributed by atoms with Gasteiger partial charge in [-0.3, -0.25) is 4.79 Å². The van der Waals surface area contributed by atoms with Gasteiger partial charge in [-0.1, -0.05) is 35.9 Å². The highest BCUT2D eigenvalue weighted by atomic mass is 16.1. The first-order valence-corrected chi connectivity index (χ1v) is 7.06. The van der Waals surface area contributed by atoms with Crippen molar-refractivity contribution in [1.82, 2.24) is 0 Å². The summed E-state index contributed by atoms with van der Waals surface area (Å²) in [6.45, 7) is 7.93. The number of amides is 1. The first-order valence-electron chi connectivity index (χ1n) is 7.06. The molecule has 0 bridgehead atoms. The van der Waals surface area contributed by atoms with Crippen LogP contribution >= 0.6 is 0 Å². The Labute approximate surface area is 126 Å². The van der Waals surface area contributed by atoms with Gasteiger partial charge in [-0.15, -0.1) is 0 Å². The van der Waals surface area contributed by atoms with Crippen LogP contribution in [0.5, 0.6) is 0 Å². The minimum atomic E-state index is -0.941. The van der Waals surface area contributed by atoms with Gasteiger partial charge in [-0.05, 0) is 56.5 Å². The fourth-order valence-electron chi connectivity index (χ4n) is 3.03. The van der Waals surface area contributed by atoms with Gasteiger partial charge in [0, 0.05) is 5.69 Å². The average molecular weight is 282 g/mol. The number of hydrogen-bond donors (Lipinski definition) is 2. The van der Waals surface area contributed by atoms with Crippen LogP contribution in [-0.2, 0) is 10.3 Å². The van der Waals surface area contributed by atoms with E-state index < -0.39 is 5.54 Å². The molecule has 110 valence electrons. The third-order valence-electron chi connectivity index (χ3n) is 3.84. The van der Waals surface area contributed by atoms with Gasteiger partial charge in [0.15, 0.2) is 0 Å². The molecule has 2 aromatic carbocycles. The first-order chi connectivity index (χ1) is 9.84. The molecule has 0 aliphatic rings. The molecule has 1 amide bonds. The zero-order valence-electron chi connectivity index (χ0n) is 13.0. The molecule has 3 N–H and O–H groups in total. The number of benzene rings is 2. The summed E-state index contributed by atoms with van der Waals surface area (Å²) in [5.41, 5.74) is 9.92. The highest BCUT2D eigenvalue weighted by molar-refractivity contribution is 5.90. The predicted octanol–water partition coefficient (Wildman–Crippen LogP) is 3.42. The SMILES string of the molecule is Cc1cc(C)c(C(C)(Nc2ccccc2)C(N)=O)c(C)c1. The van der Waals surface area contributed by atoms with Gasteiger partial charge in [0.25, 0.3) is 0 Å². The second kappa shape index (κ2) is 5.60. The van der Waals surface area contributed by atoms with Crippen LogP contribution in [0, 0.1) is 20.8 Å². The average Bonchev–Trinajstić information content (AvgIpc) is 2.38. The Morgan fingerprint density at radius 3 is 2.05 bits per heavy atom. The van der Waals surface area contributed by atoms with Gasteiger partial charge in [0.05, 0.1) is 0 Å². The second-order valence-corrected chi connectivity index (χ2v) is 5.75. The Morgan fingerprint density at radius 1 is 1.05 bits per heavy atom. The summed E-state index contributed by atoms with van der Waals surface area (Å²) in [6.07, 6.45) is 0. The van der Waals surface area contributed by atoms with Crippen LogP contribution in [0.15, 0.2) is 42.5 Å². The Kier molecular flexibility index (Phi) is 4.03. The standard InChI is InChI=1S/C18H22N2O/c1-12-10-13(2)16(14(3)11-12)18(4,17(19)21)20-15-8-6-5-7-9-15/h5-11,20H,1-4H3,(H2,19,21). The smallest absolute Gasteiger partial charge is 0.247 e. The van der Waals surface area contributed by atoms with E-state index in [1.54, 1.807) is 0 Å². The molecule has 21 heavy (non-hydrogen) atoms. The van der Waals surface area contributed by atoms with E-state index in [1.807, 2.05) is 51.1 Å². The van der Waals surface area contributed by atoms with E-state index in [-0.39, 0.29) is 5.91 Å². The van der Waals surface area contributed by atoms with E-state index in [2.05, 4.69) is 24.4 Å². The highest BCUT2D eigenvalue weighted by Crippen LogP contribution is 2.31. The lowest BCUT2D eigenvalue weighted by Gasteiger charge is -2.32. The molecule has 0 fully saturated rings. The number of nitrogens with two attached hydrogens (primary N) is 1. The van der Waals surface area contributed by atoms with Crippen molar-refractivity contribution in [2.24, 2.45) is 5.73 Å². The maximum atomic E-state index is 12.2. The number of aryl methyl sites for hydroxylation is 3. The third kappa shape index (κ3) is 2.92. The van der Waals surface area contributed by atoms with Gasteiger partial charge in [0.1, 0.15) is 5.54 Å². The lowest BCUT2D eigenvalue weighted by molar-refractivity contribution is -0.122. The summed E-state index contributed by atoms with van der Waals surface area (Å²) >= 11 is 0. The van der Waals surface area contributed by atoms with Crippen LogP contribution in [0.25, 0.3) is 0 Å². The first kappa shape index (κ1) is 15.1. The minimum Gasteiger partial charge on any atom is -0.368 e. The van der Waals surface area contributed by atoms with E-state index >= 15 is 0 Å². The van der Waals surface area contributed by atoms with Crippen LogP contribution < -0.4 is 11.1 Å². The van der Waals surface area contributed by atoms with Gasteiger partial charge in [-0.2, -0.15) is 0 Å². The van der Waals surface area contributed by atoms with Crippen molar-refractivity contribution in [3.8, 4) is 0 Å². The number of rotatable bonds is 4. The molecule has 0 saturated carbocycles. The number of para-hydroxylation sites is 1. The molecule has 3 heteroatoms. The van der Waals surface area contributed by atoms with Crippen LogP contribution in [-0.4, -0.2) is 5.91 Å². The van der Waals surface area contributed by atoms with Crippen LogP contribution in [0.4, 0.5) is 5.69 Å². The molecular weight excluding hydrogens is 260 g/mol. The zero-order chi connectivity index (χ0) is 15.6. The van der Waals surface area contributed by atoms with Crippen LogP contribution in [0.1, 0.15) is 29.2 Å². The normalized spacial score (nSPS) is 13.5. The van der Waals surface area contributed by atoms with Crippen LogP contribution in [0.2, 0.25) is 0 Å². The Morgan fingerprint density at radius 2 is 1.57 bits per heavy atom. The highest BCUT2D eigenvalue weighted by Gasteiger charge is 2.35. The molecule has 0 spiro atoms. The zero-order valence-corrected chi connectivity index (χ0v) is 13.0. The summed E-state index contributed by atoms with van der Waals surface area (Å²) in [5.74, 6) is -0.388. The van der Waals surface area contributed by atoms with Crippen molar-refractivity contribution >= 4 is 11.6 Å². The number of carbonyl (C=O) groups excluding carboxylic acids is 1. The molecule has 0 aromatic heterocycles. The minimum absolute atomic E-state index is 0.388. The number of carbonyl (C=O) groups is 1. The second-order valence-electron chi connectivity index (χ2n) is 5.75. The monoisotopic (exact) mass is 282 g/mol. The summed E-state index contributed by atoms with van der Waals surface area (Å²) in [5, 5.41) is 3.30. The van der Waals surface area contributed by atoms with Crippen molar-refractivity contribution in [3.05, 3.63) is 64.7 Å². The molecule has 1 unspecified atom stereocenters. The van der Waals surface area contributed by atoms with Crippen molar-refractivity contribution < 1.29 is 4.79 Å². The largest absolute Gasteiger partial charge is 0.368 e. The number of anilines is 1. The van der Waals surface area contributed by atoms with E-state index in [1.165, 1.54) is 5.56 Å². The number of hydrogen-bond acceptors (Lipinski definition) is 2. The molecule has 0 aliphatic heterocycles. The molecule has 2 aromatic rings. The Balaban J connectivity index is 2.56. The maximum absolute atomic E-state index is 12.2. The van der Waals surface area contributed by atoms with Crippen molar-refractivity contribution in [2.45, 2.75) is 33.2 Å². The summed E-state index contributed by atoms with van der Waals surface area (Å²) < 4.78 is 0. The van der Waals surface area contributed by atoms with Crippen molar-refractivity contribution in [3.63, 3.8) is 0 Å². The van der Waals surface area contributed by atoms with Crippen LogP contribution in [0.3, 0.4) is 0 Å². The molecule has 0 saturated heterocycles. The number of primary amides is 1. The van der Waals surface area contributed by atoms with Gasteiger partial charge in [0.2, 0.25) is 5.91 Å². The van der Waals surface area contributed by atoms with E-state index in [9.17, 15) is 4.79 Å². The fraction of sp³-hybridized carbons (Fsp3) is 0.278. The maximum Gasteiger partial charge on any atom is 0.247 e. The molecule has 0 aliphatic carbocycles. The Hall–Kier alpha value is -2.29. The lowest BCUT2D eigenvalue weighted by atomic mass is 9.83. The van der Waals surface area contributed by atoms with Gasteiger partial charge >= 0.3 is 0 Å². The molecule has 1 atom stereocenters. The lowest BCUT2D eigenvalue weighted by Crippen LogP contribution is -2.46. The predicted molar refractivity (Wildman–Crippen MR) is 87.3 cm³/mol. The molecule has 3 nitrogen and oxygen atoms in total. The van der Waals surface area contributed by atoms with E-state index in [0.29, 0.717) is 0 Å². The van der Waals surface area contributed by atoms with Crippen molar-refractivity contribution in [2.75, 3.05) is 5.32 Å². The van der Waals surface area contributed by atoms with Gasteiger partial charge in [-0.25, -0.2) is 0 Å². The summed E-state index contributed by atoms with van der Waals surface area (Å²) in [4.78, 5) is 12.2. The topological polar surface area (TPSA) is 55.1 Å². The van der Waals surface area contributed by atoms with Gasteiger partial charge < -0.3 is 11.1 Å². The molecule has 0 heterocycles. The Bertz CT molecular complexity index is 641. The summed E-state index contributed by atoms with van der Waals surface area (Å²) in [7, 11) is 0. The summed E-state index contributed by atoms with van der Waals surface area (Å²) in [6, 6.07) is 13.8. The quantitative estimate of drug-likeness (QED) is 0.902. The number of nitrogens with one attached hydrogen (secondary N) is 1. The van der Waals surface area contributed by atoms with E-state index in [4.69, 9.17) is 5.73 Å². The van der Waals surface area contributed by atoms with E-state index in [0.717, 1.165) is 22.4 Å². The molecular formula is C18H22N2O. The van der Waals surface area contributed by atoms with Crippen molar-refractivity contribution in [1.29, 1.82) is 0 Å². The molecule has 0 radical (unpaired) electrons.